The molecule has 0 aliphatic rings. The minimum atomic E-state index is -0.525. The molecule has 0 aliphatic carbocycles. The zero-order chi connectivity index (χ0) is 15.9. The third kappa shape index (κ3) is 4.87. The van der Waals surface area contributed by atoms with Crippen molar-refractivity contribution in [2.45, 2.75) is 0 Å². The van der Waals surface area contributed by atoms with Crippen LogP contribution >= 0.6 is 23.2 Å². The van der Waals surface area contributed by atoms with Gasteiger partial charge >= 0.3 is 5.70 Å². The number of hydrogen-bond donors (Lipinski definition) is 1. The molecule has 0 heterocycles. The first-order valence-electron chi connectivity index (χ1n) is 6.21. The van der Waals surface area contributed by atoms with Crippen LogP contribution in [0.15, 0.2) is 65.4 Å². The number of hydrogen-bond acceptors (Lipinski definition) is 4. The molecule has 0 radical (unpaired) electrons. The van der Waals surface area contributed by atoms with Crippen LogP contribution in [0.5, 0.6) is 0 Å². The van der Waals surface area contributed by atoms with Crippen molar-refractivity contribution in [1.29, 1.82) is 0 Å². The van der Waals surface area contributed by atoms with Gasteiger partial charge in [-0.1, -0.05) is 23.2 Å². The maximum atomic E-state index is 11.0. The quantitative estimate of drug-likeness (QED) is 0.478. The lowest BCUT2D eigenvalue weighted by Crippen LogP contribution is -2.03. The first-order valence-corrected chi connectivity index (χ1v) is 6.96. The van der Waals surface area contributed by atoms with E-state index in [1.54, 1.807) is 48.5 Å². The van der Waals surface area contributed by atoms with Crippen LogP contribution < -0.4 is 5.32 Å². The van der Waals surface area contributed by atoms with Gasteiger partial charge in [-0.3, -0.25) is 10.1 Å². The van der Waals surface area contributed by atoms with Gasteiger partial charge in [0.2, 0.25) is 0 Å². The molecular weight excluding hydrogens is 325 g/mol. The molecule has 22 heavy (non-hydrogen) atoms. The van der Waals surface area contributed by atoms with Crippen LogP contribution in [0, 0.1) is 10.1 Å². The van der Waals surface area contributed by atoms with E-state index in [0.29, 0.717) is 21.4 Å². The summed E-state index contributed by atoms with van der Waals surface area (Å²) in [6, 6.07) is 13.5. The van der Waals surface area contributed by atoms with E-state index in [0.717, 1.165) is 0 Å². The van der Waals surface area contributed by atoms with Gasteiger partial charge in [0.05, 0.1) is 16.8 Å². The number of nitrogens with one attached hydrogen (secondary N) is 1. The minimum absolute atomic E-state index is 0.176. The summed E-state index contributed by atoms with van der Waals surface area (Å²) in [6.07, 6.45) is 2.44. The Morgan fingerprint density at radius 1 is 1.05 bits per heavy atom. The highest BCUT2D eigenvalue weighted by molar-refractivity contribution is 6.30. The minimum Gasteiger partial charge on any atom is -0.356 e. The molecule has 2 rings (SSSR count). The van der Waals surface area contributed by atoms with Crippen LogP contribution in [0.4, 0.5) is 11.4 Å². The molecule has 0 bridgehead atoms. The SMILES string of the molecule is O=[N+]([O-])/C(C=Nc1ccc(Cl)cc1)=C/Nc1ccc(Cl)cc1. The Morgan fingerprint density at radius 2 is 1.59 bits per heavy atom. The number of halogens is 2. The van der Waals surface area contributed by atoms with Gasteiger partial charge in [0.25, 0.3) is 0 Å². The summed E-state index contributed by atoms with van der Waals surface area (Å²) in [6.45, 7) is 0. The molecule has 0 amide bonds. The molecule has 1 N–H and O–H groups in total. The third-order valence-electron chi connectivity index (χ3n) is 2.61. The summed E-state index contributed by atoms with van der Waals surface area (Å²) in [5.41, 5.74) is 1.08. The summed E-state index contributed by atoms with van der Waals surface area (Å²) >= 11 is 11.5. The van der Waals surface area contributed by atoms with Crippen LogP contribution in [-0.4, -0.2) is 11.1 Å². The van der Waals surface area contributed by atoms with Gasteiger partial charge < -0.3 is 5.32 Å². The Bertz CT molecular complexity index is 711. The number of nitrogens with zero attached hydrogens (tertiary/aromatic N) is 2. The molecule has 0 atom stereocenters. The highest BCUT2D eigenvalue weighted by Crippen LogP contribution is 2.16. The van der Waals surface area contributed by atoms with Crippen molar-refractivity contribution in [2.24, 2.45) is 4.99 Å². The molecule has 0 saturated heterocycles. The standard InChI is InChI=1S/C15H11Cl2N3O2/c16-11-1-5-13(6-2-11)18-9-15(20(21)22)10-19-14-7-3-12(17)4-8-14/h1-10,18H/b15-9+,19-10?. The van der Waals surface area contributed by atoms with Crippen LogP contribution in [-0.2, 0) is 0 Å². The van der Waals surface area contributed by atoms with E-state index in [2.05, 4.69) is 10.3 Å². The smallest absolute Gasteiger partial charge is 0.303 e. The second kappa shape index (κ2) is 7.59. The fourth-order valence-corrected chi connectivity index (χ4v) is 1.76. The van der Waals surface area contributed by atoms with Gasteiger partial charge in [-0.2, -0.15) is 0 Å². The van der Waals surface area contributed by atoms with E-state index < -0.39 is 4.92 Å². The normalized spacial score (nSPS) is 11.6. The Balaban J connectivity index is 2.12. The third-order valence-corrected chi connectivity index (χ3v) is 3.12. The zero-order valence-corrected chi connectivity index (χ0v) is 12.8. The Morgan fingerprint density at radius 3 is 2.14 bits per heavy atom. The lowest BCUT2D eigenvalue weighted by molar-refractivity contribution is -0.414. The fraction of sp³-hybridized carbons (Fsp3) is 0. The number of benzene rings is 2. The first-order chi connectivity index (χ1) is 10.5. The predicted octanol–water partition coefficient (Wildman–Crippen LogP) is 4.93. The highest BCUT2D eigenvalue weighted by Gasteiger charge is 2.06. The monoisotopic (exact) mass is 335 g/mol. The number of aliphatic imine (C=N–C) groups is 1. The van der Waals surface area contributed by atoms with Crippen molar-refractivity contribution in [3.8, 4) is 0 Å². The van der Waals surface area contributed by atoms with Gasteiger partial charge in [0, 0.05) is 15.7 Å². The van der Waals surface area contributed by atoms with Gasteiger partial charge in [-0.05, 0) is 48.5 Å². The second-order valence-electron chi connectivity index (χ2n) is 4.21. The number of anilines is 1. The van der Waals surface area contributed by atoms with Crippen molar-refractivity contribution in [1.82, 2.24) is 0 Å². The molecule has 0 spiro atoms. The Labute approximate surface area is 137 Å². The summed E-state index contributed by atoms with van der Waals surface area (Å²) in [5.74, 6) is 0. The van der Waals surface area contributed by atoms with Crippen LogP contribution in [0.3, 0.4) is 0 Å². The summed E-state index contributed by atoms with van der Waals surface area (Å²) in [7, 11) is 0. The molecule has 5 nitrogen and oxygen atoms in total. The number of nitro groups is 1. The zero-order valence-electron chi connectivity index (χ0n) is 11.2. The Kier molecular flexibility index (Phi) is 5.52. The summed E-state index contributed by atoms with van der Waals surface area (Å²) < 4.78 is 0. The van der Waals surface area contributed by atoms with E-state index in [1.165, 1.54) is 12.4 Å². The van der Waals surface area contributed by atoms with E-state index in [1.807, 2.05) is 0 Å². The molecule has 2 aromatic carbocycles. The lowest BCUT2D eigenvalue weighted by Gasteiger charge is -2.00. The molecule has 0 aliphatic heterocycles. The van der Waals surface area contributed by atoms with Gasteiger partial charge in [0.15, 0.2) is 0 Å². The van der Waals surface area contributed by atoms with Gasteiger partial charge in [0.1, 0.15) is 6.21 Å². The topological polar surface area (TPSA) is 67.5 Å². The molecule has 0 saturated carbocycles. The van der Waals surface area contributed by atoms with Gasteiger partial charge in [-0.15, -0.1) is 0 Å². The number of allylic oxidation sites excluding steroid dienone is 1. The Hall–Kier alpha value is -2.37. The molecule has 0 unspecified atom stereocenters. The second-order valence-corrected chi connectivity index (χ2v) is 5.09. The van der Waals surface area contributed by atoms with E-state index in [9.17, 15) is 10.1 Å². The molecule has 2 aromatic rings. The lowest BCUT2D eigenvalue weighted by atomic mass is 10.3. The molecule has 7 heteroatoms. The maximum Gasteiger partial charge on any atom is 0.303 e. The van der Waals surface area contributed by atoms with Crippen molar-refractivity contribution < 1.29 is 4.92 Å². The predicted molar refractivity (Wildman–Crippen MR) is 89.8 cm³/mol. The molecule has 0 aromatic heterocycles. The molecule has 112 valence electrons. The highest BCUT2D eigenvalue weighted by atomic mass is 35.5. The van der Waals surface area contributed by atoms with Crippen molar-refractivity contribution in [3.63, 3.8) is 0 Å². The average Bonchev–Trinajstić information content (AvgIpc) is 2.50. The van der Waals surface area contributed by atoms with Crippen LogP contribution in [0.25, 0.3) is 0 Å². The first kappa shape index (κ1) is 16.0. The summed E-state index contributed by atoms with van der Waals surface area (Å²) in [4.78, 5) is 14.5. The van der Waals surface area contributed by atoms with Crippen molar-refractivity contribution in [3.05, 3.63) is 80.6 Å². The van der Waals surface area contributed by atoms with E-state index >= 15 is 0 Å². The van der Waals surface area contributed by atoms with Crippen LogP contribution in [0.2, 0.25) is 10.0 Å². The van der Waals surface area contributed by atoms with E-state index in [4.69, 9.17) is 23.2 Å². The summed E-state index contributed by atoms with van der Waals surface area (Å²) in [5, 5.41) is 15.0. The van der Waals surface area contributed by atoms with Crippen molar-refractivity contribution in [2.75, 3.05) is 5.32 Å². The van der Waals surface area contributed by atoms with Gasteiger partial charge in [-0.25, -0.2) is 4.99 Å². The maximum absolute atomic E-state index is 11.0. The molecular formula is C15H11Cl2N3O2. The van der Waals surface area contributed by atoms with Crippen LogP contribution in [0.1, 0.15) is 0 Å². The van der Waals surface area contributed by atoms with Crippen molar-refractivity contribution >= 4 is 40.8 Å². The fourth-order valence-electron chi connectivity index (χ4n) is 1.51. The molecule has 0 fully saturated rings. The largest absolute Gasteiger partial charge is 0.356 e. The average molecular weight is 336 g/mol. The van der Waals surface area contributed by atoms with E-state index in [-0.39, 0.29) is 5.70 Å². The number of rotatable bonds is 5.